The van der Waals surface area contributed by atoms with Crippen molar-refractivity contribution in [3.05, 3.63) is 24.3 Å². The van der Waals surface area contributed by atoms with Gasteiger partial charge in [-0.2, -0.15) is 5.10 Å². The van der Waals surface area contributed by atoms with Crippen LogP contribution in [-0.2, 0) is 7.05 Å². The standard InChI is InChI=1S/C10H14N6/c1-7-8(6-16(3)15-7)13-10-5-12-4-9(11-2)14-10/h4-6H,1-3H3,(H2,11,13,14). The van der Waals surface area contributed by atoms with Crippen LogP contribution in [-0.4, -0.2) is 26.8 Å². The van der Waals surface area contributed by atoms with Crippen molar-refractivity contribution in [2.45, 2.75) is 6.92 Å². The number of aryl methyl sites for hydroxylation is 2. The molecule has 6 heteroatoms. The summed E-state index contributed by atoms with van der Waals surface area (Å²) in [5, 5.41) is 10.3. The highest BCUT2D eigenvalue weighted by atomic mass is 15.3. The van der Waals surface area contributed by atoms with Crippen LogP contribution in [0.1, 0.15) is 5.69 Å². The molecule has 0 saturated heterocycles. The Hall–Kier alpha value is -2.11. The van der Waals surface area contributed by atoms with Gasteiger partial charge < -0.3 is 10.6 Å². The summed E-state index contributed by atoms with van der Waals surface area (Å²) >= 11 is 0. The molecule has 16 heavy (non-hydrogen) atoms. The molecule has 2 rings (SSSR count). The summed E-state index contributed by atoms with van der Waals surface area (Å²) in [5.74, 6) is 1.43. The van der Waals surface area contributed by atoms with E-state index in [2.05, 4.69) is 25.7 Å². The van der Waals surface area contributed by atoms with E-state index in [1.54, 1.807) is 17.1 Å². The van der Waals surface area contributed by atoms with Gasteiger partial charge in [-0.05, 0) is 6.92 Å². The quantitative estimate of drug-likeness (QED) is 0.812. The fraction of sp³-hybridized carbons (Fsp3) is 0.300. The molecule has 2 heterocycles. The van der Waals surface area contributed by atoms with Crippen LogP contribution >= 0.6 is 0 Å². The third-order valence-electron chi connectivity index (χ3n) is 2.17. The lowest BCUT2D eigenvalue weighted by Crippen LogP contribution is -1.99. The normalized spacial score (nSPS) is 10.2. The number of nitrogens with zero attached hydrogens (tertiary/aromatic N) is 4. The molecule has 0 fully saturated rings. The van der Waals surface area contributed by atoms with Gasteiger partial charge in [-0.3, -0.25) is 9.67 Å². The minimum atomic E-state index is 0.697. The molecule has 0 saturated carbocycles. The highest BCUT2D eigenvalue weighted by molar-refractivity contribution is 5.58. The lowest BCUT2D eigenvalue weighted by Gasteiger charge is -2.04. The van der Waals surface area contributed by atoms with E-state index in [1.807, 2.05) is 27.2 Å². The third-order valence-corrected chi connectivity index (χ3v) is 2.17. The van der Waals surface area contributed by atoms with Gasteiger partial charge in [0.05, 0.1) is 23.8 Å². The predicted molar refractivity (Wildman–Crippen MR) is 62.8 cm³/mol. The fourth-order valence-electron chi connectivity index (χ4n) is 1.41. The first-order valence-electron chi connectivity index (χ1n) is 4.96. The van der Waals surface area contributed by atoms with E-state index in [9.17, 15) is 0 Å². The second-order valence-corrected chi connectivity index (χ2v) is 3.47. The minimum Gasteiger partial charge on any atom is -0.372 e. The predicted octanol–water partition coefficient (Wildman–Crippen LogP) is 1.30. The Labute approximate surface area is 93.7 Å². The second-order valence-electron chi connectivity index (χ2n) is 3.47. The molecule has 0 aliphatic heterocycles. The Balaban J connectivity index is 2.23. The number of nitrogens with one attached hydrogen (secondary N) is 2. The number of anilines is 3. The van der Waals surface area contributed by atoms with E-state index in [0.29, 0.717) is 5.82 Å². The van der Waals surface area contributed by atoms with Gasteiger partial charge in [0.2, 0.25) is 0 Å². The van der Waals surface area contributed by atoms with E-state index in [0.717, 1.165) is 17.2 Å². The van der Waals surface area contributed by atoms with Crippen LogP contribution in [0.15, 0.2) is 18.6 Å². The maximum Gasteiger partial charge on any atom is 0.151 e. The lowest BCUT2D eigenvalue weighted by atomic mass is 10.4. The van der Waals surface area contributed by atoms with E-state index in [-0.39, 0.29) is 0 Å². The van der Waals surface area contributed by atoms with Gasteiger partial charge in [0.25, 0.3) is 0 Å². The molecule has 0 aliphatic carbocycles. The Morgan fingerprint density at radius 3 is 2.62 bits per heavy atom. The van der Waals surface area contributed by atoms with E-state index < -0.39 is 0 Å². The largest absolute Gasteiger partial charge is 0.372 e. The molecule has 0 amide bonds. The van der Waals surface area contributed by atoms with Crippen molar-refractivity contribution in [3.8, 4) is 0 Å². The topological polar surface area (TPSA) is 67.7 Å². The number of rotatable bonds is 3. The molecule has 6 nitrogen and oxygen atoms in total. The summed E-state index contributed by atoms with van der Waals surface area (Å²) in [6.45, 7) is 1.94. The Morgan fingerprint density at radius 1 is 1.25 bits per heavy atom. The van der Waals surface area contributed by atoms with Gasteiger partial charge in [-0.1, -0.05) is 0 Å². The first-order chi connectivity index (χ1) is 7.69. The fourth-order valence-corrected chi connectivity index (χ4v) is 1.41. The lowest BCUT2D eigenvalue weighted by molar-refractivity contribution is 0.756. The molecular formula is C10H14N6. The SMILES string of the molecule is CNc1cncc(Nc2cn(C)nc2C)n1. The zero-order valence-electron chi connectivity index (χ0n) is 9.52. The monoisotopic (exact) mass is 218 g/mol. The molecule has 2 aromatic rings. The molecule has 0 radical (unpaired) electrons. The van der Waals surface area contributed by atoms with Crippen LogP contribution in [0.3, 0.4) is 0 Å². The Kier molecular flexibility index (Phi) is 2.72. The summed E-state index contributed by atoms with van der Waals surface area (Å²) in [6.07, 6.45) is 5.25. The summed E-state index contributed by atoms with van der Waals surface area (Å²) in [7, 11) is 3.69. The molecule has 2 N–H and O–H groups in total. The van der Waals surface area contributed by atoms with Gasteiger partial charge in [0, 0.05) is 20.3 Å². The molecule has 0 aromatic carbocycles. The van der Waals surface area contributed by atoms with Crippen molar-refractivity contribution in [2.75, 3.05) is 17.7 Å². The average molecular weight is 218 g/mol. The molecule has 0 bridgehead atoms. The molecular weight excluding hydrogens is 204 g/mol. The maximum atomic E-state index is 4.32. The maximum absolute atomic E-state index is 4.32. The molecule has 84 valence electrons. The highest BCUT2D eigenvalue weighted by Gasteiger charge is 2.04. The van der Waals surface area contributed by atoms with Crippen LogP contribution in [0.2, 0.25) is 0 Å². The van der Waals surface area contributed by atoms with Crippen LogP contribution in [0.5, 0.6) is 0 Å². The van der Waals surface area contributed by atoms with E-state index >= 15 is 0 Å². The first-order valence-corrected chi connectivity index (χ1v) is 4.96. The van der Waals surface area contributed by atoms with Crippen molar-refractivity contribution < 1.29 is 0 Å². The van der Waals surface area contributed by atoms with E-state index in [4.69, 9.17) is 0 Å². The minimum absolute atomic E-state index is 0.697. The summed E-state index contributed by atoms with van der Waals surface area (Å²) in [5.41, 5.74) is 1.87. The third kappa shape index (κ3) is 2.10. The van der Waals surface area contributed by atoms with Crippen LogP contribution in [0, 0.1) is 6.92 Å². The van der Waals surface area contributed by atoms with Crippen LogP contribution < -0.4 is 10.6 Å². The van der Waals surface area contributed by atoms with Gasteiger partial charge in [0.15, 0.2) is 5.82 Å². The number of hydrogen-bond donors (Lipinski definition) is 2. The van der Waals surface area contributed by atoms with Crippen molar-refractivity contribution in [1.29, 1.82) is 0 Å². The molecule has 2 aromatic heterocycles. The molecule has 0 unspecified atom stereocenters. The van der Waals surface area contributed by atoms with Gasteiger partial charge >= 0.3 is 0 Å². The van der Waals surface area contributed by atoms with Crippen molar-refractivity contribution in [1.82, 2.24) is 19.7 Å². The Morgan fingerprint density at radius 2 is 2.00 bits per heavy atom. The van der Waals surface area contributed by atoms with Gasteiger partial charge in [-0.25, -0.2) is 4.98 Å². The second kappa shape index (κ2) is 4.18. The number of hydrogen-bond acceptors (Lipinski definition) is 5. The van der Waals surface area contributed by atoms with Crippen molar-refractivity contribution in [3.63, 3.8) is 0 Å². The molecule has 0 aliphatic rings. The zero-order chi connectivity index (χ0) is 11.5. The zero-order valence-corrected chi connectivity index (χ0v) is 9.52. The van der Waals surface area contributed by atoms with Gasteiger partial charge in [0.1, 0.15) is 5.82 Å². The summed E-state index contributed by atoms with van der Waals surface area (Å²) in [6, 6.07) is 0. The number of aromatic nitrogens is 4. The van der Waals surface area contributed by atoms with Crippen LogP contribution in [0.25, 0.3) is 0 Å². The van der Waals surface area contributed by atoms with Crippen molar-refractivity contribution in [2.24, 2.45) is 7.05 Å². The molecule has 0 spiro atoms. The first kappa shape index (κ1) is 10.4. The highest BCUT2D eigenvalue weighted by Crippen LogP contribution is 2.17. The Bertz CT molecular complexity index is 490. The smallest absolute Gasteiger partial charge is 0.151 e. The summed E-state index contributed by atoms with van der Waals surface area (Å²) in [4.78, 5) is 8.39. The average Bonchev–Trinajstić information content (AvgIpc) is 2.58. The van der Waals surface area contributed by atoms with E-state index in [1.165, 1.54) is 0 Å². The summed E-state index contributed by atoms with van der Waals surface area (Å²) < 4.78 is 1.76. The molecule has 0 atom stereocenters. The van der Waals surface area contributed by atoms with Crippen LogP contribution in [0.4, 0.5) is 17.3 Å². The van der Waals surface area contributed by atoms with Crippen molar-refractivity contribution >= 4 is 17.3 Å². The van der Waals surface area contributed by atoms with Gasteiger partial charge in [-0.15, -0.1) is 0 Å².